The van der Waals surface area contributed by atoms with E-state index in [2.05, 4.69) is 72.1 Å². The molecule has 0 radical (unpaired) electrons. The van der Waals surface area contributed by atoms with Gasteiger partial charge in [-0.15, -0.1) is 0 Å². The number of hydrogen-bond acceptors (Lipinski definition) is 2. The molecular formula is C23H24NO3P. The molecule has 0 heterocycles. The zero-order chi connectivity index (χ0) is 19.9. The normalized spacial score (nSPS) is 16.6. The van der Waals surface area contributed by atoms with Gasteiger partial charge in [0.1, 0.15) is 0 Å². The summed E-state index contributed by atoms with van der Waals surface area (Å²) in [7, 11) is -0.714. The molecule has 0 aromatic heterocycles. The molecule has 2 aromatic carbocycles. The summed E-state index contributed by atoms with van der Waals surface area (Å²) in [4.78, 5) is 22.8. The Bertz CT molecular complexity index is 838. The standard InChI is InChI=1S/C23H24NO3P/c1-17(24-22(25)15-16-23(26)27)20-13-8-14-21(20)28(18-9-4-2-5-10-18)19-11-6-3-7-12-19/h2-14,17,20H,15-16H2,1H3,(H,24,25)(H,26,27). The number of rotatable bonds is 8. The van der Waals surface area contributed by atoms with Gasteiger partial charge in [0.05, 0.1) is 6.42 Å². The van der Waals surface area contributed by atoms with Crippen LogP contribution < -0.4 is 15.9 Å². The Balaban J connectivity index is 1.82. The average Bonchev–Trinajstić information content (AvgIpc) is 3.18. The number of allylic oxidation sites excluding steroid dienone is 2. The summed E-state index contributed by atoms with van der Waals surface area (Å²) in [5.41, 5.74) is 0. The van der Waals surface area contributed by atoms with Crippen molar-refractivity contribution in [2.75, 3.05) is 0 Å². The van der Waals surface area contributed by atoms with Crippen molar-refractivity contribution in [2.45, 2.75) is 25.8 Å². The van der Waals surface area contributed by atoms with Crippen molar-refractivity contribution in [1.82, 2.24) is 5.32 Å². The van der Waals surface area contributed by atoms with Crippen LogP contribution in [0.5, 0.6) is 0 Å². The molecule has 2 aromatic rings. The molecular weight excluding hydrogens is 369 g/mol. The summed E-state index contributed by atoms with van der Waals surface area (Å²) >= 11 is 0. The van der Waals surface area contributed by atoms with Crippen LogP contribution in [0.3, 0.4) is 0 Å². The molecule has 2 atom stereocenters. The van der Waals surface area contributed by atoms with Gasteiger partial charge in [0, 0.05) is 18.4 Å². The molecule has 2 unspecified atom stereocenters. The molecule has 1 aliphatic carbocycles. The van der Waals surface area contributed by atoms with Gasteiger partial charge < -0.3 is 10.4 Å². The number of aliphatic carboxylic acids is 1. The molecule has 0 bridgehead atoms. The highest BCUT2D eigenvalue weighted by Gasteiger charge is 2.30. The van der Waals surface area contributed by atoms with E-state index in [9.17, 15) is 9.59 Å². The highest BCUT2D eigenvalue weighted by Crippen LogP contribution is 2.49. The van der Waals surface area contributed by atoms with Gasteiger partial charge in [-0.3, -0.25) is 9.59 Å². The second-order valence-corrected chi connectivity index (χ2v) is 8.98. The van der Waals surface area contributed by atoms with Gasteiger partial charge in [-0.2, -0.15) is 0 Å². The summed E-state index contributed by atoms with van der Waals surface area (Å²) < 4.78 is 0. The summed E-state index contributed by atoms with van der Waals surface area (Å²) in [5.74, 6) is -1.10. The molecule has 0 aliphatic heterocycles. The van der Waals surface area contributed by atoms with E-state index in [0.717, 1.165) is 0 Å². The molecule has 1 amide bonds. The Morgan fingerprint density at radius 3 is 2.11 bits per heavy atom. The van der Waals surface area contributed by atoms with Crippen LogP contribution in [0, 0.1) is 5.92 Å². The van der Waals surface area contributed by atoms with E-state index in [-0.39, 0.29) is 30.7 Å². The lowest BCUT2D eigenvalue weighted by molar-refractivity contribution is -0.138. The fourth-order valence-electron chi connectivity index (χ4n) is 3.37. The maximum atomic E-state index is 12.1. The number of benzene rings is 2. The van der Waals surface area contributed by atoms with Crippen molar-refractivity contribution >= 4 is 30.4 Å². The van der Waals surface area contributed by atoms with Crippen LogP contribution in [0.25, 0.3) is 0 Å². The molecule has 0 saturated heterocycles. The quantitative estimate of drug-likeness (QED) is 0.674. The molecule has 3 rings (SSSR count). The Kier molecular flexibility index (Phi) is 6.78. The molecule has 28 heavy (non-hydrogen) atoms. The van der Waals surface area contributed by atoms with Crippen molar-refractivity contribution in [3.8, 4) is 0 Å². The number of nitrogens with one attached hydrogen (secondary N) is 1. The maximum absolute atomic E-state index is 12.1. The number of carbonyl (C=O) groups excluding carboxylic acids is 1. The molecule has 0 saturated carbocycles. The lowest BCUT2D eigenvalue weighted by Gasteiger charge is -2.29. The first-order valence-corrected chi connectivity index (χ1v) is 10.7. The first-order valence-electron chi connectivity index (χ1n) is 9.36. The number of carboxylic acid groups (broad SMARTS) is 1. The van der Waals surface area contributed by atoms with Crippen LogP contribution in [0.1, 0.15) is 19.8 Å². The lowest BCUT2D eigenvalue weighted by Crippen LogP contribution is -2.38. The second-order valence-electron chi connectivity index (χ2n) is 6.76. The third-order valence-electron chi connectivity index (χ3n) is 4.71. The second kappa shape index (κ2) is 9.48. The molecule has 4 nitrogen and oxygen atoms in total. The van der Waals surface area contributed by atoms with E-state index < -0.39 is 13.9 Å². The van der Waals surface area contributed by atoms with Crippen LogP contribution in [-0.2, 0) is 9.59 Å². The molecule has 1 aliphatic rings. The summed E-state index contributed by atoms with van der Waals surface area (Å²) in [6, 6.07) is 20.8. The maximum Gasteiger partial charge on any atom is 0.303 e. The Hall–Kier alpha value is -2.71. The van der Waals surface area contributed by atoms with Crippen LogP contribution >= 0.6 is 7.92 Å². The third-order valence-corrected chi connectivity index (χ3v) is 7.30. The van der Waals surface area contributed by atoms with E-state index >= 15 is 0 Å². The molecule has 5 heteroatoms. The number of amides is 1. The topological polar surface area (TPSA) is 66.4 Å². The van der Waals surface area contributed by atoms with Crippen LogP contribution in [0.15, 0.2) is 84.2 Å². The minimum absolute atomic E-state index is 0.00128. The van der Waals surface area contributed by atoms with Crippen LogP contribution in [0.2, 0.25) is 0 Å². The average molecular weight is 393 g/mol. The predicted octanol–water partition coefficient (Wildman–Crippen LogP) is 3.56. The zero-order valence-electron chi connectivity index (χ0n) is 15.8. The smallest absolute Gasteiger partial charge is 0.303 e. The van der Waals surface area contributed by atoms with E-state index in [1.807, 2.05) is 19.1 Å². The van der Waals surface area contributed by atoms with Gasteiger partial charge in [0.15, 0.2) is 0 Å². The van der Waals surface area contributed by atoms with Crippen molar-refractivity contribution in [2.24, 2.45) is 5.92 Å². The first kappa shape index (κ1) is 20.0. The minimum Gasteiger partial charge on any atom is -0.481 e. The van der Waals surface area contributed by atoms with E-state index in [1.54, 1.807) is 0 Å². The Labute approximate surface area is 166 Å². The first-order chi connectivity index (χ1) is 13.6. The van der Waals surface area contributed by atoms with Gasteiger partial charge in [-0.25, -0.2) is 0 Å². The summed E-state index contributed by atoms with van der Waals surface area (Å²) in [6.07, 6.45) is 6.19. The number of carboxylic acids is 1. The Morgan fingerprint density at radius 1 is 1.00 bits per heavy atom. The summed E-state index contributed by atoms with van der Waals surface area (Å²) in [6.45, 7) is 1.98. The fourth-order valence-corrected chi connectivity index (χ4v) is 6.05. The van der Waals surface area contributed by atoms with Gasteiger partial charge in [-0.05, 0) is 30.8 Å². The minimum atomic E-state index is -0.958. The highest BCUT2D eigenvalue weighted by atomic mass is 31.1. The van der Waals surface area contributed by atoms with Crippen molar-refractivity contribution in [1.29, 1.82) is 0 Å². The monoisotopic (exact) mass is 393 g/mol. The molecule has 144 valence electrons. The molecule has 2 N–H and O–H groups in total. The Morgan fingerprint density at radius 2 is 1.57 bits per heavy atom. The van der Waals surface area contributed by atoms with Crippen molar-refractivity contribution in [3.05, 3.63) is 84.2 Å². The predicted molar refractivity (Wildman–Crippen MR) is 114 cm³/mol. The largest absolute Gasteiger partial charge is 0.481 e. The van der Waals surface area contributed by atoms with Gasteiger partial charge in [0.2, 0.25) is 5.91 Å². The zero-order valence-corrected chi connectivity index (χ0v) is 16.7. The lowest BCUT2D eigenvalue weighted by atomic mass is 10.0. The van der Waals surface area contributed by atoms with E-state index in [0.29, 0.717) is 0 Å². The summed E-state index contributed by atoms with van der Waals surface area (Å²) in [5, 5.41) is 15.6. The van der Waals surface area contributed by atoms with Gasteiger partial charge in [0.25, 0.3) is 0 Å². The van der Waals surface area contributed by atoms with Crippen molar-refractivity contribution < 1.29 is 14.7 Å². The number of carbonyl (C=O) groups is 2. The van der Waals surface area contributed by atoms with Crippen LogP contribution in [-0.4, -0.2) is 23.0 Å². The van der Waals surface area contributed by atoms with Gasteiger partial charge >= 0.3 is 5.97 Å². The fraction of sp³-hybridized carbons (Fsp3) is 0.217. The van der Waals surface area contributed by atoms with Crippen molar-refractivity contribution in [3.63, 3.8) is 0 Å². The van der Waals surface area contributed by atoms with E-state index in [4.69, 9.17) is 5.11 Å². The molecule has 0 fully saturated rings. The third kappa shape index (κ3) is 4.96. The van der Waals surface area contributed by atoms with Crippen LogP contribution in [0.4, 0.5) is 0 Å². The molecule has 0 spiro atoms. The highest BCUT2D eigenvalue weighted by molar-refractivity contribution is 7.76. The SMILES string of the molecule is CC(NC(=O)CCC(=O)O)C1C=CC=C1P(c1ccccc1)c1ccccc1. The van der Waals surface area contributed by atoms with E-state index in [1.165, 1.54) is 15.9 Å². The number of hydrogen-bond donors (Lipinski definition) is 2. The van der Waals surface area contributed by atoms with Gasteiger partial charge in [-0.1, -0.05) is 78.9 Å².